The molecule has 0 saturated carbocycles. The van der Waals surface area contributed by atoms with Gasteiger partial charge < -0.3 is 22.6 Å². The predicted molar refractivity (Wildman–Crippen MR) is 217 cm³/mol. The Bertz CT molecular complexity index is 2520. The molecule has 8 heteroatoms. The lowest BCUT2D eigenvalue weighted by atomic mass is 9.82. The highest BCUT2D eigenvalue weighted by Crippen LogP contribution is 2.44. The largest absolute Gasteiger partial charge is 0.497 e. The molecule has 1 aliphatic rings. The number of hydrogen-bond acceptors (Lipinski definition) is 7. The van der Waals surface area contributed by atoms with E-state index in [0.717, 1.165) is 60.5 Å². The molecule has 7 aromatic carbocycles. The number of hydrogen-bond donors (Lipinski definition) is 0. The first-order chi connectivity index (χ1) is 26.6. The third-order valence-electron chi connectivity index (χ3n) is 10.2. The molecule has 268 valence electrons. The van der Waals surface area contributed by atoms with Gasteiger partial charge in [0, 0.05) is 29.2 Å². The Labute approximate surface area is 314 Å². The summed E-state index contributed by atoms with van der Waals surface area (Å²) in [5, 5.41) is 6.36. The molecule has 0 aliphatic carbocycles. The molecular weight excluding hydrogens is 693 g/mol. The molecule has 0 fully saturated rings. The molecule has 9 rings (SSSR count). The van der Waals surface area contributed by atoms with Crippen molar-refractivity contribution in [1.82, 2.24) is 0 Å². The van der Waals surface area contributed by atoms with Crippen LogP contribution < -0.4 is 14.0 Å². The van der Waals surface area contributed by atoms with Crippen LogP contribution in [0.1, 0.15) is 16.7 Å². The average molecular weight is 732 g/mol. The Kier molecular flexibility index (Phi) is 9.03. The first kappa shape index (κ1) is 33.8. The molecule has 0 N–H and O–H groups in total. The normalized spacial score (nSPS) is 14.3. The predicted octanol–water partition coefficient (Wildman–Crippen LogP) is 11.1. The van der Waals surface area contributed by atoms with Crippen LogP contribution in [0.2, 0.25) is 0 Å². The molecule has 0 bridgehead atoms. The molecule has 7 nitrogen and oxygen atoms in total. The number of fused-ring (bicyclic) bond motifs is 7. The minimum absolute atomic E-state index is 0.322. The number of methoxy groups -OCH3 is 2. The van der Waals surface area contributed by atoms with Crippen LogP contribution in [-0.4, -0.2) is 38.4 Å². The van der Waals surface area contributed by atoms with Crippen LogP contribution in [-0.2, 0) is 17.6 Å². The molecule has 8 aromatic rings. The summed E-state index contributed by atoms with van der Waals surface area (Å²) in [5.74, 6) is 2.14. The first-order valence-corrected chi connectivity index (χ1v) is 19.1. The van der Waals surface area contributed by atoms with Crippen molar-refractivity contribution in [2.75, 3.05) is 20.8 Å². The molecular formula is C46H38NO6P. The fourth-order valence-electron chi connectivity index (χ4n) is 7.52. The summed E-state index contributed by atoms with van der Waals surface area (Å²) in [4.78, 5) is 5.27. The quantitative estimate of drug-likeness (QED) is 0.139. The Morgan fingerprint density at radius 3 is 1.61 bits per heavy atom. The van der Waals surface area contributed by atoms with Crippen LogP contribution in [0.15, 0.2) is 165 Å². The van der Waals surface area contributed by atoms with E-state index in [2.05, 4.69) is 84.9 Å². The Hall–Kier alpha value is -6.01. The lowest BCUT2D eigenvalue weighted by molar-refractivity contribution is 0.0715. The third-order valence-corrected chi connectivity index (χ3v) is 11.4. The summed E-state index contributed by atoms with van der Waals surface area (Å²) in [6.45, 7) is 0.322. The molecule has 54 heavy (non-hydrogen) atoms. The highest BCUT2D eigenvalue weighted by molar-refractivity contribution is 7.31. The summed E-state index contributed by atoms with van der Waals surface area (Å²) in [6, 6.07) is 50.9. The van der Waals surface area contributed by atoms with E-state index in [-0.39, 0.29) is 0 Å². The fourth-order valence-corrected chi connectivity index (χ4v) is 8.80. The van der Waals surface area contributed by atoms with Crippen molar-refractivity contribution in [2.45, 2.75) is 24.5 Å². The summed E-state index contributed by atoms with van der Waals surface area (Å²) >= 11 is 0. The highest BCUT2D eigenvalue weighted by Gasteiger charge is 2.46. The fraction of sp³-hybridized carbons (Fsp3) is 0.152. The third kappa shape index (κ3) is 6.47. The molecule has 0 radical (unpaired) electrons. The lowest BCUT2D eigenvalue weighted by Gasteiger charge is -2.35. The molecule has 2 heterocycles. The second-order valence-corrected chi connectivity index (χ2v) is 14.6. The van der Waals surface area contributed by atoms with E-state index in [1.165, 1.54) is 0 Å². The van der Waals surface area contributed by atoms with E-state index >= 15 is 0 Å². The van der Waals surface area contributed by atoms with Gasteiger partial charge in [-0.05, 0) is 81.2 Å². The zero-order valence-corrected chi connectivity index (χ0v) is 30.9. The van der Waals surface area contributed by atoms with Crippen LogP contribution in [0.4, 0.5) is 0 Å². The molecule has 0 amide bonds. The van der Waals surface area contributed by atoms with Crippen molar-refractivity contribution in [3.63, 3.8) is 0 Å². The van der Waals surface area contributed by atoms with Crippen molar-refractivity contribution in [2.24, 2.45) is 4.99 Å². The van der Waals surface area contributed by atoms with E-state index in [0.29, 0.717) is 36.5 Å². The van der Waals surface area contributed by atoms with Crippen LogP contribution in [0.3, 0.4) is 0 Å². The molecule has 0 saturated heterocycles. The van der Waals surface area contributed by atoms with Crippen LogP contribution >= 0.6 is 8.24 Å². The Morgan fingerprint density at radius 1 is 0.593 bits per heavy atom. The van der Waals surface area contributed by atoms with Crippen molar-refractivity contribution in [1.29, 1.82) is 0 Å². The Morgan fingerprint density at radius 2 is 1.09 bits per heavy atom. The molecule has 1 atom stereocenters. The van der Waals surface area contributed by atoms with E-state index in [1.54, 1.807) is 14.2 Å². The zero-order chi connectivity index (χ0) is 36.5. The maximum atomic E-state index is 7.46. The molecule has 1 aliphatic heterocycles. The first-order valence-electron chi connectivity index (χ1n) is 18.0. The molecule has 0 spiro atoms. The molecule has 1 aromatic heterocycles. The average Bonchev–Trinajstić information content (AvgIpc) is 3.67. The van der Waals surface area contributed by atoms with Crippen molar-refractivity contribution in [3.05, 3.63) is 168 Å². The topological polar surface area (TPSA) is 75.6 Å². The van der Waals surface area contributed by atoms with E-state index in [4.69, 9.17) is 32.1 Å². The SMILES string of the molecule is COc1ccc(CC(Cc2ccc(OC)cc2)(Op2oc3ccc4ccccc4c3c3c(ccc4ccccc43)o2)[C@H]2COC(c3ccccc3)=N2)cc1. The number of benzene rings is 7. The minimum Gasteiger partial charge on any atom is -0.497 e. The van der Waals surface area contributed by atoms with Gasteiger partial charge in [0.15, 0.2) is 0 Å². The van der Waals surface area contributed by atoms with Crippen molar-refractivity contribution >= 4 is 57.6 Å². The number of rotatable bonds is 10. The van der Waals surface area contributed by atoms with E-state index in [1.807, 2.05) is 66.7 Å². The second kappa shape index (κ2) is 14.4. The highest BCUT2D eigenvalue weighted by atomic mass is 31.1. The van der Waals surface area contributed by atoms with Crippen molar-refractivity contribution in [3.8, 4) is 11.5 Å². The number of aliphatic imine (C=N–C) groups is 1. The standard InChI is InChI=1S/C46H38NO6P/c1-48-36-22-16-31(17-23-36)28-46(29-32-18-24-37(49-2)25-19-32,42-30-50-45(47-42)35-12-4-3-5-13-35)53-54-51-40-26-20-33-10-6-8-14-38(33)43(40)44-39-15-9-7-11-34(39)21-27-41(44)52-54/h3-27,42H,28-30H2,1-2H3/t42-/m1/s1. The van der Waals surface area contributed by atoms with Gasteiger partial charge in [0.25, 0.3) is 0 Å². The summed E-state index contributed by atoms with van der Waals surface area (Å²) < 4.78 is 38.8. The van der Waals surface area contributed by atoms with Crippen LogP contribution in [0, 0.1) is 0 Å². The molecule has 0 unspecified atom stereocenters. The van der Waals surface area contributed by atoms with Crippen LogP contribution in [0.25, 0.3) is 43.5 Å². The van der Waals surface area contributed by atoms with Gasteiger partial charge in [0.1, 0.15) is 40.9 Å². The van der Waals surface area contributed by atoms with Gasteiger partial charge in [-0.3, -0.25) is 4.52 Å². The minimum atomic E-state index is -2.04. The Balaban J connectivity index is 1.29. The maximum Gasteiger partial charge on any atom is 0.388 e. The van der Waals surface area contributed by atoms with Crippen molar-refractivity contribution < 1.29 is 27.1 Å². The van der Waals surface area contributed by atoms with Crippen LogP contribution in [0.5, 0.6) is 11.5 Å². The smallest absolute Gasteiger partial charge is 0.388 e. The van der Waals surface area contributed by atoms with Gasteiger partial charge in [0.2, 0.25) is 5.90 Å². The van der Waals surface area contributed by atoms with E-state index < -0.39 is 19.9 Å². The summed E-state index contributed by atoms with van der Waals surface area (Å²) in [6.07, 6.45) is 0.979. The maximum absolute atomic E-state index is 7.46. The van der Waals surface area contributed by atoms with Gasteiger partial charge in [-0.1, -0.05) is 103 Å². The zero-order valence-electron chi connectivity index (χ0n) is 30.0. The van der Waals surface area contributed by atoms with E-state index in [9.17, 15) is 0 Å². The van der Waals surface area contributed by atoms with Gasteiger partial charge in [0.05, 0.1) is 14.2 Å². The lowest BCUT2D eigenvalue weighted by Crippen LogP contribution is -2.51. The van der Waals surface area contributed by atoms with Gasteiger partial charge in [-0.25, -0.2) is 4.99 Å². The van der Waals surface area contributed by atoms with Gasteiger partial charge >= 0.3 is 8.24 Å². The summed E-state index contributed by atoms with van der Waals surface area (Å²) in [7, 11) is 1.31. The number of nitrogens with zero attached hydrogens (tertiary/aromatic N) is 1. The number of ether oxygens (including phenoxy) is 3. The van der Waals surface area contributed by atoms with Gasteiger partial charge in [-0.15, -0.1) is 0 Å². The second-order valence-electron chi connectivity index (χ2n) is 13.6. The van der Waals surface area contributed by atoms with Gasteiger partial charge in [-0.2, -0.15) is 0 Å². The monoisotopic (exact) mass is 731 g/mol. The summed E-state index contributed by atoms with van der Waals surface area (Å²) in [5.41, 5.74) is 3.44.